The van der Waals surface area contributed by atoms with Crippen molar-refractivity contribution in [2.45, 2.75) is 51.7 Å². The van der Waals surface area contributed by atoms with E-state index < -0.39 is 0 Å². The van der Waals surface area contributed by atoms with E-state index in [2.05, 4.69) is 25.2 Å². The standard InChI is InChI=1S/C16H26ClNO/c1-4-8-16(19-3)15(18-11-5-2)12-13-9-6-7-10-14(13)17/h6-7,9-10,15-16,18H,4-5,8,11-12H2,1-3H3. The lowest BCUT2D eigenvalue weighted by molar-refractivity contribution is 0.0609. The fourth-order valence-corrected chi connectivity index (χ4v) is 2.55. The molecule has 0 bridgehead atoms. The van der Waals surface area contributed by atoms with Gasteiger partial charge in [-0.25, -0.2) is 0 Å². The summed E-state index contributed by atoms with van der Waals surface area (Å²) in [6.07, 6.45) is 4.49. The van der Waals surface area contributed by atoms with Crippen LogP contribution in [0.3, 0.4) is 0 Å². The Bertz CT molecular complexity index is 356. The SMILES string of the molecule is CCCNC(Cc1ccccc1Cl)C(CCC)OC. The normalized spacial score (nSPS) is 14.3. The predicted molar refractivity (Wildman–Crippen MR) is 82.9 cm³/mol. The summed E-state index contributed by atoms with van der Waals surface area (Å²) in [5.74, 6) is 0. The number of methoxy groups -OCH3 is 1. The average Bonchev–Trinajstić information content (AvgIpc) is 2.43. The highest BCUT2D eigenvalue weighted by Crippen LogP contribution is 2.19. The molecule has 0 saturated carbocycles. The maximum atomic E-state index is 6.26. The minimum absolute atomic E-state index is 0.243. The first-order valence-electron chi connectivity index (χ1n) is 7.22. The molecule has 108 valence electrons. The van der Waals surface area contributed by atoms with Crippen LogP contribution in [-0.2, 0) is 11.2 Å². The Balaban J connectivity index is 2.75. The van der Waals surface area contributed by atoms with Crippen molar-refractivity contribution in [3.63, 3.8) is 0 Å². The number of rotatable bonds is 9. The van der Waals surface area contributed by atoms with Gasteiger partial charge in [-0.1, -0.05) is 50.1 Å². The number of halogens is 1. The van der Waals surface area contributed by atoms with Gasteiger partial charge >= 0.3 is 0 Å². The van der Waals surface area contributed by atoms with Gasteiger partial charge < -0.3 is 10.1 Å². The van der Waals surface area contributed by atoms with Crippen molar-refractivity contribution in [3.05, 3.63) is 34.9 Å². The van der Waals surface area contributed by atoms with Crippen molar-refractivity contribution in [2.75, 3.05) is 13.7 Å². The summed E-state index contributed by atoms with van der Waals surface area (Å²) >= 11 is 6.26. The lowest BCUT2D eigenvalue weighted by Crippen LogP contribution is -2.43. The van der Waals surface area contributed by atoms with Crippen LogP contribution in [0.25, 0.3) is 0 Å². The molecule has 2 unspecified atom stereocenters. The van der Waals surface area contributed by atoms with Crippen LogP contribution in [0.2, 0.25) is 5.02 Å². The third-order valence-electron chi connectivity index (χ3n) is 3.38. The average molecular weight is 284 g/mol. The molecule has 1 N–H and O–H groups in total. The lowest BCUT2D eigenvalue weighted by atomic mass is 9.98. The Labute approximate surface area is 122 Å². The molecule has 2 nitrogen and oxygen atoms in total. The quantitative estimate of drug-likeness (QED) is 0.738. The van der Waals surface area contributed by atoms with Gasteiger partial charge in [0, 0.05) is 18.2 Å². The molecular weight excluding hydrogens is 258 g/mol. The Morgan fingerprint density at radius 1 is 1.21 bits per heavy atom. The van der Waals surface area contributed by atoms with Gasteiger partial charge in [0.2, 0.25) is 0 Å². The lowest BCUT2D eigenvalue weighted by Gasteiger charge is -2.27. The van der Waals surface area contributed by atoms with Crippen molar-refractivity contribution in [3.8, 4) is 0 Å². The van der Waals surface area contributed by atoms with E-state index in [0.29, 0.717) is 6.04 Å². The molecule has 3 heteroatoms. The monoisotopic (exact) mass is 283 g/mol. The van der Waals surface area contributed by atoms with Gasteiger partial charge in [-0.3, -0.25) is 0 Å². The smallest absolute Gasteiger partial charge is 0.0727 e. The van der Waals surface area contributed by atoms with E-state index in [-0.39, 0.29) is 6.10 Å². The predicted octanol–water partition coefficient (Wildman–Crippen LogP) is 4.07. The van der Waals surface area contributed by atoms with Crippen molar-refractivity contribution in [1.29, 1.82) is 0 Å². The molecule has 0 saturated heterocycles. The van der Waals surface area contributed by atoms with E-state index in [0.717, 1.165) is 37.3 Å². The molecule has 0 spiro atoms. The largest absolute Gasteiger partial charge is 0.380 e. The first-order valence-corrected chi connectivity index (χ1v) is 7.60. The third kappa shape index (κ3) is 5.52. The molecular formula is C16H26ClNO. The van der Waals surface area contributed by atoms with Crippen LogP contribution in [0.5, 0.6) is 0 Å². The van der Waals surface area contributed by atoms with E-state index in [4.69, 9.17) is 16.3 Å². The molecule has 2 atom stereocenters. The molecule has 0 aliphatic carbocycles. The third-order valence-corrected chi connectivity index (χ3v) is 3.75. The molecule has 19 heavy (non-hydrogen) atoms. The van der Waals surface area contributed by atoms with Crippen molar-refractivity contribution in [1.82, 2.24) is 5.32 Å². The van der Waals surface area contributed by atoms with Crippen LogP contribution in [0.1, 0.15) is 38.7 Å². The van der Waals surface area contributed by atoms with E-state index >= 15 is 0 Å². The van der Waals surface area contributed by atoms with Gasteiger partial charge in [0.25, 0.3) is 0 Å². The molecule has 1 aromatic rings. The molecule has 0 aromatic heterocycles. The Morgan fingerprint density at radius 2 is 1.95 bits per heavy atom. The van der Waals surface area contributed by atoms with Crippen LogP contribution in [-0.4, -0.2) is 25.8 Å². The van der Waals surface area contributed by atoms with Gasteiger partial charge in [-0.15, -0.1) is 0 Å². The number of ether oxygens (including phenoxy) is 1. The van der Waals surface area contributed by atoms with E-state index in [1.807, 2.05) is 18.2 Å². The highest BCUT2D eigenvalue weighted by molar-refractivity contribution is 6.31. The van der Waals surface area contributed by atoms with Gasteiger partial charge in [0.15, 0.2) is 0 Å². The van der Waals surface area contributed by atoms with E-state index in [1.165, 1.54) is 5.56 Å². The van der Waals surface area contributed by atoms with Crippen LogP contribution in [0.4, 0.5) is 0 Å². The zero-order valence-electron chi connectivity index (χ0n) is 12.3. The number of nitrogens with one attached hydrogen (secondary N) is 1. The highest BCUT2D eigenvalue weighted by atomic mass is 35.5. The molecule has 0 fully saturated rings. The first kappa shape index (κ1) is 16.5. The highest BCUT2D eigenvalue weighted by Gasteiger charge is 2.21. The van der Waals surface area contributed by atoms with Crippen LogP contribution < -0.4 is 5.32 Å². The van der Waals surface area contributed by atoms with Gasteiger partial charge in [-0.2, -0.15) is 0 Å². The summed E-state index contributed by atoms with van der Waals surface area (Å²) in [5, 5.41) is 4.44. The summed E-state index contributed by atoms with van der Waals surface area (Å²) in [6, 6.07) is 8.39. The summed E-state index contributed by atoms with van der Waals surface area (Å²) < 4.78 is 5.66. The molecule has 0 aliphatic rings. The summed E-state index contributed by atoms with van der Waals surface area (Å²) in [7, 11) is 1.80. The van der Waals surface area contributed by atoms with Crippen LogP contribution in [0.15, 0.2) is 24.3 Å². The van der Waals surface area contributed by atoms with Crippen molar-refractivity contribution in [2.24, 2.45) is 0 Å². The Hall–Kier alpha value is -0.570. The zero-order chi connectivity index (χ0) is 14.1. The molecule has 0 amide bonds. The van der Waals surface area contributed by atoms with Crippen LogP contribution in [0, 0.1) is 0 Å². The Kier molecular flexibility index (Phi) is 8.11. The van der Waals surface area contributed by atoms with Crippen molar-refractivity contribution >= 4 is 11.6 Å². The topological polar surface area (TPSA) is 21.3 Å². The van der Waals surface area contributed by atoms with Gasteiger partial charge in [0.1, 0.15) is 0 Å². The maximum Gasteiger partial charge on any atom is 0.0727 e. The second-order valence-electron chi connectivity index (χ2n) is 4.92. The van der Waals surface area contributed by atoms with Gasteiger partial charge in [-0.05, 0) is 37.4 Å². The summed E-state index contributed by atoms with van der Waals surface area (Å²) in [5.41, 5.74) is 1.19. The van der Waals surface area contributed by atoms with Gasteiger partial charge in [0.05, 0.1) is 6.10 Å². The summed E-state index contributed by atoms with van der Waals surface area (Å²) in [4.78, 5) is 0. The number of benzene rings is 1. The fourth-order valence-electron chi connectivity index (χ4n) is 2.33. The zero-order valence-corrected chi connectivity index (χ0v) is 13.0. The Morgan fingerprint density at radius 3 is 2.53 bits per heavy atom. The fraction of sp³-hybridized carbons (Fsp3) is 0.625. The second kappa shape index (κ2) is 9.35. The second-order valence-corrected chi connectivity index (χ2v) is 5.33. The first-order chi connectivity index (χ1) is 9.22. The number of hydrogen-bond donors (Lipinski definition) is 1. The molecule has 0 aliphatic heterocycles. The number of hydrogen-bond acceptors (Lipinski definition) is 2. The van der Waals surface area contributed by atoms with E-state index in [9.17, 15) is 0 Å². The minimum atomic E-state index is 0.243. The molecule has 0 radical (unpaired) electrons. The van der Waals surface area contributed by atoms with E-state index in [1.54, 1.807) is 7.11 Å². The maximum absolute atomic E-state index is 6.26. The molecule has 1 aromatic carbocycles. The molecule has 0 heterocycles. The summed E-state index contributed by atoms with van der Waals surface area (Å²) in [6.45, 7) is 5.39. The van der Waals surface area contributed by atoms with Crippen LogP contribution >= 0.6 is 11.6 Å². The minimum Gasteiger partial charge on any atom is -0.380 e. The van der Waals surface area contributed by atoms with Crippen molar-refractivity contribution < 1.29 is 4.74 Å². The molecule has 1 rings (SSSR count).